The predicted octanol–water partition coefficient (Wildman–Crippen LogP) is 3.93. The van der Waals surface area contributed by atoms with E-state index < -0.39 is 40.9 Å². The summed E-state index contributed by atoms with van der Waals surface area (Å²) in [5.74, 6) is -3.62. The van der Waals surface area contributed by atoms with Crippen LogP contribution in [0.5, 0.6) is 5.75 Å². The maximum absolute atomic E-state index is 15.2. The fourth-order valence-corrected chi connectivity index (χ4v) is 4.93. The van der Waals surface area contributed by atoms with Crippen LogP contribution in [0, 0.1) is 11.6 Å². The van der Waals surface area contributed by atoms with Crippen LogP contribution >= 0.6 is 23.2 Å². The lowest BCUT2D eigenvalue weighted by molar-refractivity contribution is -0.118. The number of primary amides is 1. The first-order valence-corrected chi connectivity index (χ1v) is 11.5. The topological polar surface area (TPSA) is 119 Å². The number of methoxy groups -OCH3 is 1. The minimum Gasteiger partial charge on any atom is -0.496 e. The second-order valence-electron chi connectivity index (χ2n) is 8.41. The Hall–Kier alpha value is -3.24. The number of carbonyl (C=O) groups excluding carboxylic acids is 2. The summed E-state index contributed by atoms with van der Waals surface area (Å²) < 4.78 is 35.4. The lowest BCUT2D eigenvalue weighted by atomic mass is 9.74. The molecule has 1 saturated heterocycles. The molecule has 1 fully saturated rings. The Balaban J connectivity index is 1.76. The highest BCUT2D eigenvalue weighted by Crippen LogP contribution is 2.44. The number of carbonyl (C=O) groups is 2. The molecule has 0 unspecified atom stereocenters. The number of ether oxygens (including phenoxy) is 1. The zero-order chi connectivity index (χ0) is 26.2. The zero-order valence-corrected chi connectivity index (χ0v) is 20.5. The van der Waals surface area contributed by atoms with E-state index in [1.807, 2.05) is 0 Å². The number of nitrogens with two attached hydrogens (primary N) is 2. The number of anilines is 1. The summed E-state index contributed by atoms with van der Waals surface area (Å²) in [7, 11) is 1.35. The van der Waals surface area contributed by atoms with Gasteiger partial charge in [-0.1, -0.05) is 41.4 Å². The molecule has 6 N–H and O–H groups in total. The maximum Gasteiger partial charge on any atom is 0.252 e. The summed E-state index contributed by atoms with van der Waals surface area (Å²) in [6.45, 7) is -0.0514. The summed E-state index contributed by atoms with van der Waals surface area (Å²) >= 11 is 12.0. The number of hydrogen-bond acceptors (Lipinski definition) is 5. The Morgan fingerprint density at radius 2 is 1.89 bits per heavy atom. The van der Waals surface area contributed by atoms with E-state index >= 15 is 8.78 Å². The second kappa shape index (κ2) is 10.0. The van der Waals surface area contributed by atoms with Gasteiger partial charge in [0.15, 0.2) is 0 Å². The highest BCUT2D eigenvalue weighted by molar-refractivity contribution is 6.31. The van der Waals surface area contributed by atoms with Crippen LogP contribution in [0.1, 0.15) is 27.4 Å². The van der Waals surface area contributed by atoms with Crippen LogP contribution in [0.25, 0.3) is 0 Å². The van der Waals surface area contributed by atoms with E-state index in [4.69, 9.17) is 39.4 Å². The van der Waals surface area contributed by atoms with Gasteiger partial charge in [-0.25, -0.2) is 8.78 Å². The van der Waals surface area contributed by atoms with Gasteiger partial charge in [-0.2, -0.15) is 0 Å². The summed E-state index contributed by atoms with van der Waals surface area (Å²) in [5, 5.41) is 5.72. The molecule has 36 heavy (non-hydrogen) atoms. The van der Waals surface area contributed by atoms with Crippen molar-refractivity contribution >= 4 is 40.7 Å². The van der Waals surface area contributed by atoms with Crippen LogP contribution in [0.15, 0.2) is 54.6 Å². The van der Waals surface area contributed by atoms with Gasteiger partial charge in [0.1, 0.15) is 17.4 Å². The smallest absolute Gasteiger partial charge is 0.252 e. The summed E-state index contributed by atoms with van der Waals surface area (Å²) in [6.07, 6.45) is 0. The van der Waals surface area contributed by atoms with E-state index in [1.54, 1.807) is 0 Å². The van der Waals surface area contributed by atoms with E-state index in [2.05, 4.69) is 10.6 Å². The highest BCUT2D eigenvalue weighted by atomic mass is 35.5. The second-order valence-corrected chi connectivity index (χ2v) is 9.26. The number of nitrogens with one attached hydrogen (secondary N) is 2. The average molecular weight is 535 g/mol. The maximum atomic E-state index is 15.2. The fourth-order valence-electron chi connectivity index (χ4n) is 4.59. The van der Waals surface area contributed by atoms with Gasteiger partial charge < -0.3 is 26.8 Å². The molecule has 2 amide bonds. The third kappa shape index (κ3) is 4.62. The van der Waals surface area contributed by atoms with Crippen molar-refractivity contribution in [2.45, 2.75) is 17.5 Å². The first-order chi connectivity index (χ1) is 17.1. The molecule has 188 valence electrons. The number of benzene rings is 3. The van der Waals surface area contributed by atoms with Crippen LogP contribution in [0.2, 0.25) is 10.0 Å². The first-order valence-electron chi connectivity index (χ1n) is 10.8. The molecule has 3 aromatic carbocycles. The fraction of sp³-hybridized carbons (Fsp3) is 0.200. The number of amides is 2. The van der Waals surface area contributed by atoms with Crippen molar-refractivity contribution in [3.8, 4) is 5.75 Å². The molecule has 0 aliphatic carbocycles. The Bertz CT molecular complexity index is 1360. The van der Waals surface area contributed by atoms with Gasteiger partial charge in [0, 0.05) is 34.8 Å². The van der Waals surface area contributed by atoms with Crippen molar-refractivity contribution in [2.75, 3.05) is 19.0 Å². The molecular weight excluding hydrogens is 513 g/mol. The van der Waals surface area contributed by atoms with E-state index in [1.165, 1.54) is 55.6 Å². The third-order valence-corrected chi connectivity index (χ3v) is 6.80. The number of halogens is 4. The molecule has 0 spiro atoms. The van der Waals surface area contributed by atoms with Crippen LogP contribution < -0.4 is 26.8 Å². The molecule has 0 saturated carbocycles. The molecule has 1 aliphatic heterocycles. The lowest BCUT2D eigenvalue weighted by Crippen LogP contribution is -2.46. The minimum atomic E-state index is -1.53. The molecule has 3 aromatic rings. The molecule has 0 bridgehead atoms. The Kier molecular flexibility index (Phi) is 7.19. The molecule has 0 aromatic heterocycles. The van der Waals surface area contributed by atoms with Crippen LogP contribution in [-0.2, 0) is 10.3 Å². The molecule has 0 radical (unpaired) electrons. The van der Waals surface area contributed by atoms with E-state index in [9.17, 15) is 9.59 Å². The third-order valence-electron chi connectivity index (χ3n) is 6.27. The van der Waals surface area contributed by atoms with Crippen LogP contribution in [0.3, 0.4) is 0 Å². The van der Waals surface area contributed by atoms with Crippen molar-refractivity contribution in [3.05, 3.63) is 93.0 Å². The van der Waals surface area contributed by atoms with E-state index in [-0.39, 0.29) is 39.0 Å². The van der Waals surface area contributed by atoms with E-state index in [0.29, 0.717) is 5.69 Å². The lowest BCUT2D eigenvalue weighted by Gasteiger charge is -2.34. The highest BCUT2D eigenvalue weighted by Gasteiger charge is 2.52. The minimum absolute atomic E-state index is 0.0474. The monoisotopic (exact) mass is 534 g/mol. The normalized spacial score (nSPS) is 21.3. The largest absolute Gasteiger partial charge is 0.496 e. The molecular formula is C25H22Cl2F2N4O3. The molecule has 7 nitrogen and oxygen atoms in total. The van der Waals surface area contributed by atoms with Crippen molar-refractivity contribution < 1.29 is 23.1 Å². The molecule has 1 aliphatic rings. The molecule has 4 rings (SSSR count). The van der Waals surface area contributed by atoms with Crippen molar-refractivity contribution in [1.82, 2.24) is 5.32 Å². The van der Waals surface area contributed by atoms with Crippen LogP contribution in [-0.4, -0.2) is 31.5 Å². The summed E-state index contributed by atoms with van der Waals surface area (Å²) in [5.41, 5.74) is 11.1. The summed E-state index contributed by atoms with van der Waals surface area (Å²) in [6, 6.07) is 11.6. The van der Waals surface area contributed by atoms with Gasteiger partial charge in [0.25, 0.3) is 5.91 Å². The van der Waals surface area contributed by atoms with Gasteiger partial charge in [-0.15, -0.1) is 0 Å². The van der Waals surface area contributed by atoms with Gasteiger partial charge in [-0.05, 0) is 35.9 Å². The van der Waals surface area contributed by atoms with Gasteiger partial charge in [0.2, 0.25) is 5.91 Å². The quantitative estimate of drug-likeness (QED) is 0.382. The van der Waals surface area contributed by atoms with Gasteiger partial charge in [0.05, 0.1) is 29.3 Å². The standard InChI is InChI=1S/C25H22Cl2F2N4O3/c1-36-19-10-13(6-7-14(19)23(30)34)33-24(35)22-20(15-3-2-4-17(27)21(15)29)25(31,11-32-22)16-8-5-12(26)9-18(16)28/h2-10,20,22,32H,11,31H2,1H3,(H2,30,34)(H,33,35)/t20-,22+,25-/m0/s1. The van der Waals surface area contributed by atoms with Gasteiger partial charge >= 0.3 is 0 Å². The predicted molar refractivity (Wildman–Crippen MR) is 133 cm³/mol. The molecule has 11 heteroatoms. The molecule has 3 atom stereocenters. The first kappa shape index (κ1) is 25.8. The zero-order valence-electron chi connectivity index (χ0n) is 18.9. The average Bonchev–Trinajstić information content (AvgIpc) is 3.18. The van der Waals surface area contributed by atoms with Crippen molar-refractivity contribution in [2.24, 2.45) is 11.5 Å². The number of rotatable bonds is 6. The van der Waals surface area contributed by atoms with Crippen LogP contribution in [0.4, 0.5) is 14.5 Å². The SMILES string of the molecule is COc1cc(NC(=O)[C@@H]2NC[C@](N)(c3ccc(Cl)cc3F)[C@H]2c2cccc(Cl)c2F)ccc1C(N)=O. The molecule has 1 heterocycles. The van der Waals surface area contributed by atoms with Gasteiger partial charge in [-0.3, -0.25) is 9.59 Å². The van der Waals surface area contributed by atoms with E-state index in [0.717, 1.165) is 6.07 Å². The Morgan fingerprint density at radius 3 is 2.56 bits per heavy atom. The number of hydrogen-bond donors (Lipinski definition) is 4. The Labute approximate surface area is 215 Å². The van der Waals surface area contributed by atoms with Crippen molar-refractivity contribution in [3.63, 3.8) is 0 Å². The van der Waals surface area contributed by atoms with Crippen molar-refractivity contribution in [1.29, 1.82) is 0 Å². The Morgan fingerprint density at radius 1 is 1.14 bits per heavy atom. The summed E-state index contributed by atoms with van der Waals surface area (Å²) in [4.78, 5) is 25.0.